The van der Waals surface area contributed by atoms with Gasteiger partial charge in [0, 0.05) is 35.8 Å². The van der Waals surface area contributed by atoms with Crippen LogP contribution in [0.1, 0.15) is 62.1 Å². The van der Waals surface area contributed by atoms with Crippen LogP contribution < -0.4 is 15.5 Å². The number of carbonyl (C=O) groups excluding carboxylic acids is 3. The monoisotopic (exact) mass is 532 g/mol. The van der Waals surface area contributed by atoms with Gasteiger partial charge in [0.2, 0.25) is 17.7 Å². The molecule has 0 spiro atoms. The second-order valence-electron chi connectivity index (χ2n) is 9.66. The first-order valence-corrected chi connectivity index (χ1v) is 13.4. The Morgan fingerprint density at radius 2 is 1.76 bits per heavy atom. The third kappa shape index (κ3) is 7.42. The maximum absolute atomic E-state index is 13.8. The summed E-state index contributed by atoms with van der Waals surface area (Å²) in [5, 5.41) is 6.47. The van der Waals surface area contributed by atoms with Crippen molar-refractivity contribution in [1.29, 1.82) is 0 Å². The summed E-state index contributed by atoms with van der Waals surface area (Å²) in [5.74, 6) is -0.201. The summed E-state index contributed by atoms with van der Waals surface area (Å²) >= 11 is 6.15. The fraction of sp³-hybridized carbons (Fsp3) is 0.333. The predicted molar refractivity (Wildman–Crippen MR) is 150 cm³/mol. The number of pyridine rings is 1. The molecule has 8 heteroatoms. The molecule has 1 aliphatic rings. The Kier molecular flexibility index (Phi) is 9.49. The van der Waals surface area contributed by atoms with Crippen molar-refractivity contribution in [3.05, 3.63) is 89.1 Å². The Hall–Kier alpha value is -3.71. The average Bonchev–Trinajstić information content (AvgIpc) is 3.41. The fourth-order valence-corrected chi connectivity index (χ4v) is 4.92. The van der Waals surface area contributed by atoms with Crippen LogP contribution in [-0.4, -0.2) is 28.7 Å². The lowest BCUT2D eigenvalue weighted by Crippen LogP contribution is -2.46. The molecule has 1 aliphatic carbocycles. The number of aryl methyl sites for hydroxylation is 1. The van der Waals surface area contributed by atoms with Crippen LogP contribution in [0.25, 0.3) is 0 Å². The summed E-state index contributed by atoms with van der Waals surface area (Å²) in [6, 6.07) is 19.1. The maximum atomic E-state index is 13.8. The van der Waals surface area contributed by atoms with Gasteiger partial charge in [0.1, 0.15) is 11.9 Å². The number of rotatable bonds is 10. The molecule has 1 saturated carbocycles. The third-order valence-electron chi connectivity index (χ3n) is 6.67. The molecule has 3 aromatic rings. The lowest BCUT2D eigenvalue weighted by molar-refractivity contribution is -0.127. The van der Waals surface area contributed by atoms with E-state index in [0.717, 1.165) is 31.2 Å². The molecular formula is C30H33ClN4O3. The van der Waals surface area contributed by atoms with Crippen molar-refractivity contribution >= 4 is 40.8 Å². The predicted octanol–water partition coefficient (Wildman–Crippen LogP) is 5.99. The van der Waals surface area contributed by atoms with E-state index < -0.39 is 6.04 Å². The summed E-state index contributed by atoms with van der Waals surface area (Å²) in [7, 11) is 0. The van der Waals surface area contributed by atoms with E-state index in [1.165, 1.54) is 0 Å². The summed E-state index contributed by atoms with van der Waals surface area (Å²) in [6.07, 6.45) is 6.22. The van der Waals surface area contributed by atoms with Crippen LogP contribution >= 0.6 is 11.6 Å². The molecule has 7 nitrogen and oxygen atoms in total. The van der Waals surface area contributed by atoms with Crippen LogP contribution in [0, 0.1) is 6.92 Å². The molecule has 0 radical (unpaired) electrons. The SMILES string of the molecule is Cc1cccc(N(C(=O)CCCC(=O)Nc2ccccn2)C(C(=O)NC2CCCC2)c2ccc(Cl)cc2)c1. The number of anilines is 2. The first kappa shape index (κ1) is 27.3. The van der Waals surface area contributed by atoms with E-state index in [9.17, 15) is 14.4 Å². The van der Waals surface area contributed by atoms with Gasteiger partial charge in [-0.3, -0.25) is 19.3 Å². The van der Waals surface area contributed by atoms with Crippen LogP contribution in [0.15, 0.2) is 72.9 Å². The van der Waals surface area contributed by atoms with Gasteiger partial charge in [-0.1, -0.05) is 54.8 Å². The second kappa shape index (κ2) is 13.2. The average molecular weight is 533 g/mol. The van der Waals surface area contributed by atoms with Crippen LogP contribution in [0.5, 0.6) is 0 Å². The van der Waals surface area contributed by atoms with E-state index in [1.807, 2.05) is 31.2 Å². The van der Waals surface area contributed by atoms with Crippen molar-refractivity contribution in [3.63, 3.8) is 0 Å². The first-order valence-electron chi connectivity index (χ1n) is 13.1. The van der Waals surface area contributed by atoms with Crippen molar-refractivity contribution < 1.29 is 14.4 Å². The van der Waals surface area contributed by atoms with Gasteiger partial charge < -0.3 is 10.6 Å². The van der Waals surface area contributed by atoms with Gasteiger partial charge in [-0.2, -0.15) is 0 Å². The van der Waals surface area contributed by atoms with Gasteiger partial charge in [-0.05, 0) is 73.7 Å². The quantitative estimate of drug-likeness (QED) is 0.336. The highest BCUT2D eigenvalue weighted by Crippen LogP contribution is 2.31. The minimum Gasteiger partial charge on any atom is -0.351 e. The number of hydrogen-bond acceptors (Lipinski definition) is 4. The lowest BCUT2D eigenvalue weighted by atomic mass is 10.0. The highest BCUT2D eigenvalue weighted by molar-refractivity contribution is 6.30. The molecule has 4 rings (SSSR count). The van der Waals surface area contributed by atoms with Crippen molar-refractivity contribution in [2.24, 2.45) is 0 Å². The molecule has 1 aromatic heterocycles. The molecule has 0 saturated heterocycles. The van der Waals surface area contributed by atoms with E-state index in [1.54, 1.807) is 53.6 Å². The number of halogens is 1. The minimum atomic E-state index is -0.871. The normalized spacial score (nSPS) is 14.1. The van der Waals surface area contributed by atoms with Crippen molar-refractivity contribution in [1.82, 2.24) is 10.3 Å². The molecule has 2 N–H and O–H groups in total. The number of carbonyl (C=O) groups is 3. The zero-order valence-corrected chi connectivity index (χ0v) is 22.3. The minimum absolute atomic E-state index is 0.0991. The van der Waals surface area contributed by atoms with E-state index in [2.05, 4.69) is 15.6 Å². The number of nitrogens with one attached hydrogen (secondary N) is 2. The molecular weight excluding hydrogens is 500 g/mol. The highest BCUT2D eigenvalue weighted by Gasteiger charge is 2.34. The number of aromatic nitrogens is 1. The summed E-state index contributed by atoms with van der Waals surface area (Å²) in [6.45, 7) is 1.95. The third-order valence-corrected chi connectivity index (χ3v) is 6.92. The first-order chi connectivity index (χ1) is 18.4. The lowest BCUT2D eigenvalue weighted by Gasteiger charge is -2.32. The Morgan fingerprint density at radius 1 is 1.00 bits per heavy atom. The van der Waals surface area contributed by atoms with Crippen molar-refractivity contribution in [2.45, 2.75) is 64.0 Å². The van der Waals surface area contributed by atoms with Gasteiger partial charge in [-0.15, -0.1) is 0 Å². The summed E-state index contributed by atoms with van der Waals surface area (Å²) in [5.41, 5.74) is 2.28. The van der Waals surface area contributed by atoms with Gasteiger partial charge in [0.25, 0.3) is 0 Å². The molecule has 2 aromatic carbocycles. The maximum Gasteiger partial charge on any atom is 0.248 e. The van der Waals surface area contributed by atoms with Crippen LogP contribution in [0.2, 0.25) is 5.02 Å². The van der Waals surface area contributed by atoms with Gasteiger partial charge >= 0.3 is 0 Å². The number of nitrogens with zero attached hydrogens (tertiary/aromatic N) is 2. The van der Waals surface area contributed by atoms with Crippen LogP contribution in [0.4, 0.5) is 11.5 Å². The molecule has 1 heterocycles. The largest absolute Gasteiger partial charge is 0.351 e. The van der Waals surface area contributed by atoms with Gasteiger partial charge in [-0.25, -0.2) is 4.98 Å². The Bertz CT molecular complexity index is 1240. The highest BCUT2D eigenvalue weighted by atomic mass is 35.5. The summed E-state index contributed by atoms with van der Waals surface area (Å²) in [4.78, 5) is 45.6. The summed E-state index contributed by atoms with van der Waals surface area (Å²) < 4.78 is 0. The van der Waals surface area contributed by atoms with Crippen molar-refractivity contribution in [3.8, 4) is 0 Å². The van der Waals surface area contributed by atoms with Gasteiger partial charge in [0.05, 0.1) is 0 Å². The Labute approximate surface area is 228 Å². The fourth-order valence-electron chi connectivity index (χ4n) is 4.79. The van der Waals surface area contributed by atoms with Gasteiger partial charge in [0.15, 0.2) is 0 Å². The zero-order valence-electron chi connectivity index (χ0n) is 21.5. The smallest absolute Gasteiger partial charge is 0.248 e. The number of benzene rings is 2. The molecule has 1 atom stereocenters. The Morgan fingerprint density at radius 3 is 2.45 bits per heavy atom. The topological polar surface area (TPSA) is 91.4 Å². The van der Waals surface area contributed by atoms with E-state index >= 15 is 0 Å². The van der Waals surface area contributed by atoms with E-state index in [0.29, 0.717) is 28.5 Å². The van der Waals surface area contributed by atoms with Crippen LogP contribution in [0.3, 0.4) is 0 Å². The molecule has 1 unspecified atom stereocenters. The molecule has 0 aliphatic heterocycles. The molecule has 38 heavy (non-hydrogen) atoms. The van der Waals surface area contributed by atoms with Crippen molar-refractivity contribution in [2.75, 3.05) is 10.2 Å². The van der Waals surface area contributed by atoms with Crippen LogP contribution in [-0.2, 0) is 14.4 Å². The second-order valence-corrected chi connectivity index (χ2v) is 10.1. The standard InChI is InChI=1S/C30H33ClN4O3/c1-21-8-6-11-25(20-21)35(28(37)14-7-13-27(36)34-26-12-4-5-19-32-26)29(22-15-17-23(31)18-16-22)30(38)33-24-9-2-3-10-24/h4-6,8,11-12,15-20,24,29H,2-3,7,9-10,13-14H2,1H3,(H,33,38)(H,32,34,36). The Balaban J connectivity index is 1.57. The molecule has 3 amide bonds. The van der Waals surface area contributed by atoms with E-state index in [4.69, 9.17) is 11.6 Å². The zero-order chi connectivity index (χ0) is 26.9. The van der Waals surface area contributed by atoms with E-state index in [-0.39, 0.29) is 36.6 Å². The molecule has 1 fully saturated rings. The number of amides is 3. The molecule has 198 valence electrons. The number of hydrogen-bond donors (Lipinski definition) is 2. The molecule has 0 bridgehead atoms.